The van der Waals surface area contributed by atoms with Crippen molar-refractivity contribution in [1.29, 1.82) is 5.26 Å². The maximum atomic E-state index is 8.72. The molecule has 0 saturated carbocycles. The number of nitriles is 1. The SMILES string of the molecule is CCC(C#N)NC(C)C(C)CC. The van der Waals surface area contributed by atoms with Crippen molar-refractivity contribution in [2.45, 2.75) is 52.6 Å². The van der Waals surface area contributed by atoms with Crippen LogP contribution in [0.5, 0.6) is 0 Å². The van der Waals surface area contributed by atoms with Crippen LogP contribution in [0.3, 0.4) is 0 Å². The Kier molecular flexibility index (Phi) is 5.74. The topological polar surface area (TPSA) is 35.8 Å². The molecule has 3 unspecified atom stereocenters. The molecule has 0 heterocycles. The van der Waals surface area contributed by atoms with Crippen LogP contribution in [0.15, 0.2) is 0 Å². The smallest absolute Gasteiger partial charge is 0.0952 e. The predicted octanol–water partition coefficient (Wildman–Crippen LogP) is 2.31. The van der Waals surface area contributed by atoms with Crippen LogP contribution < -0.4 is 5.32 Å². The lowest BCUT2D eigenvalue weighted by atomic mass is 10.00. The van der Waals surface area contributed by atoms with Crippen molar-refractivity contribution in [3.63, 3.8) is 0 Å². The zero-order valence-electron chi connectivity index (χ0n) is 8.59. The van der Waals surface area contributed by atoms with Crippen molar-refractivity contribution in [2.75, 3.05) is 0 Å². The van der Waals surface area contributed by atoms with Crippen LogP contribution in [0.4, 0.5) is 0 Å². The number of hydrogen-bond donors (Lipinski definition) is 1. The quantitative estimate of drug-likeness (QED) is 0.683. The van der Waals surface area contributed by atoms with E-state index in [1.54, 1.807) is 0 Å². The van der Waals surface area contributed by atoms with Crippen LogP contribution >= 0.6 is 0 Å². The van der Waals surface area contributed by atoms with Gasteiger partial charge in [-0.1, -0.05) is 27.2 Å². The molecule has 2 nitrogen and oxygen atoms in total. The number of nitrogens with one attached hydrogen (secondary N) is 1. The monoisotopic (exact) mass is 168 g/mol. The van der Waals surface area contributed by atoms with E-state index in [0.717, 1.165) is 12.8 Å². The minimum atomic E-state index is 0.0222. The normalized spacial score (nSPS) is 17.9. The molecule has 0 radical (unpaired) electrons. The first-order valence-electron chi connectivity index (χ1n) is 4.81. The molecule has 0 fully saturated rings. The van der Waals surface area contributed by atoms with E-state index >= 15 is 0 Å². The Morgan fingerprint density at radius 2 is 1.83 bits per heavy atom. The molecular weight excluding hydrogens is 148 g/mol. The lowest BCUT2D eigenvalue weighted by Gasteiger charge is -2.22. The van der Waals surface area contributed by atoms with E-state index < -0.39 is 0 Å². The largest absolute Gasteiger partial charge is 0.299 e. The second-order valence-electron chi connectivity index (χ2n) is 3.43. The van der Waals surface area contributed by atoms with Gasteiger partial charge in [0.15, 0.2) is 0 Å². The molecule has 12 heavy (non-hydrogen) atoms. The molecule has 2 heteroatoms. The maximum absolute atomic E-state index is 8.72. The fraction of sp³-hybridized carbons (Fsp3) is 0.900. The van der Waals surface area contributed by atoms with Crippen molar-refractivity contribution in [1.82, 2.24) is 5.32 Å². The third-order valence-corrected chi connectivity index (χ3v) is 2.53. The summed E-state index contributed by atoms with van der Waals surface area (Å²) in [6.45, 7) is 8.57. The van der Waals surface area contributed by atoms with Crippen molar-refractivity contribution in [3.05, 3.63) is 0 Å². The highest BCUT2D eigenvalue weighted by Crippen LogP contribution is 2.07. The van der Waals surface area contributed by atoms with Gasteiger partial charge in [0.1, 0.15) is 0 Å². The lowest BCUT2D eigenvalue weighted by molar-refractivity contribution is 0.369. The standard InChI is InChI=1S/C10H20N2/c1-5-8(3)9(4)12-10(6-2)7-11/h8-10,12H,5-6H2,1-4H3. The van der Waals surface area contributed by atoms with E-state index in [9.17, 15) is 0 Å². The van der Waals surface area contributed by atoms with E-state index in [1.807, 2.05) is 6.92 Å². The van der Waals surface area contributed by atoms with Gasteiger partial charge >= 0.3 is 0 Å². The van der Waals surface area contributed by atoms with Crippen molar-refractivity contribution >= 4 is 0 Å². The molecule has 3 atom stereocenters. The summed E-state index contributed by atoms with van der Waals surface area (Å²) in [6.07, 6.45) is 2.05. The van der Waals surface area contributed by atoms with Gasteiger partial charge in [0.05, 0.1) is 12.1 Å². The molecule has 0 bridgehead atoms. The summed E-state index contributed by atoms with van der Waals surface area (Å²) in [5.41, 5.74) is 0. The van der Waals surface area contributed by atoms with Gasteiger partial charge in [-0.15, -0.1) is 0 Å². The maximum Gasteiger partial charge on any atom is 0.0952 e. The molecule has 0 spiro atoms. The Morgan fingerprint density at radius 3 is 2.17 bits per heavy atom. The summed E-state index contributed by atoms with van der Waals surface area (Å²) >= 11 is 0. The number of rotatable bonds is 5. The van der Waals surface area contributed by atoms with E-state index in [0.29, 0.717) is 12.0 Å². The van der Waals surface area contributed by atoms with Crippen LogP contribution in [0.25, 0.3) is 0 Å². The fourth-order valence-electron chi connectivity index (χ4n) is 1.08. The van der Waals surface area contributed by atoms with E-state index in [4.69, 9.17) is 5.26 Å². The van der Waals surface area contributed by atoms with Crippen molar-refractivity contribution in [2.24, 2.45) is 5.92 Å². The number of hydrogen-bond acceptors (Lipinski definition) is 2. The first-order valence-corrected chi connectivity index (χ1v) is 4.81. The Balaban J connectivity index is 3.82. The first-order chi connectivity index (χ1) is 5.65. The minimum absolute atomic E-state index is 0.0222. The molecule has 70 valence electrons. The van der Waals surface area contributed by atoms with E-state index in [1.165, 1.54) is 0 Å². The van der Waals surface area contributed by atoms with Gasteiger partial charge < -0.3 is 0 Å². The molecule has 0 rings (SSSR count). The van der Waals surface area contributed by atoms with Gasteiger partial charge in [-0.05, 0) is 19.3 Å². The van der Waals surface area contributed by atoms with E-state index in [-0.39, 0.29) is 6.04 Å². The Morgan fingerprint density at radius 1 is 1.25 bits per heavy atom. The van der Waals surface area contributed by atoms with Gasteiger partial charge in [-0.3, -0.25) is 5.32 Å². The van der Waals surface area contributed by atoms with Gasteiger partial charge in [0, 0.05) is 6.04 Å². The highest BCUT2D eigenvalue weighted by molar-refractivity contribution is 4.90. The van der Waals surface area contributed by atoms with Crippen LogP contribution in [-0.4, -0.2) is 12.1 Å². The number of nitrogens with zero attached hydrogens (tertiary/aromatic N) is 1. The van der Waals surface area contributed by atoms with Crippen molar-refractivity contribution < 1.29 is 0 Å². The summed E-state index contributed by atoms with van der Waals surface area (Å²) in [4.78, 5) is 0. The fourth-order valence-corrected chi connectivity index (χ4v) is 1.08. The molecule has 0 amide bonds. The third kappa shape index (κ3) is 3.73. The molecular formula is C10H20N2. The Hall–Kier alpha value is -0.550. The van der Waals surface area contributed by atoms with Crippen LogP contribution in [0.2, 0.25) is 0 Å². The molecule has 1 N–H and O–H groups in total. The third-order valence-electron chi connectivity index (χ3n) is 2.53. The molecule has 0 aromatic heterocycles. The summed E-state index contributed by atoms with van der Waals surface area (Å²) in [6, 6.07) is 2.72. The molecule has 0 aromatic carbocycles. The summed E-state index contributed by atoms with van der Waals surface area (Å²) < 4.78 is 0. The lowest BCUT2D eigenvalue weighted by Crippen LogP contribution is -2.38. The molecule has 0 aliphatic carbocycles. The summed E-state index contributed by atoms with van der Waals surface area (Å²) in [7, 11) is 0. The average Bonchev–Trinajstić information content (AvgIpc) is 2.12. The van der Waals surface area contributed by atoms with Crippen molar-refractivity contribution in [3.8, 4) is 6.07 Å². The minimum Gasteiger partial charge on any atom is -0.299 e. The Bertz CT molecular complexity index is 148. The zero-order valence-corrected chi connectivity index (χ0v) is 8.59. The predicted molar refractivity (Wildman–Crippen MR) is 51.7 cm³/mol. The molecule has 0 saturated heterocycles. The summed E-state index contributed by atoms with van der Waals surface area (Å²) in [5, 5.41) is 12.0. The van der Waals surface area contributed by atoms with Gasteiger partial charge in [-0.2, -0.15) is 5.26 Å². The van der Waals surface area contributed by atoms with Crippen LogP contribution in [0.1, 0.15) is 40.5 Å². The highest BCUT2D eigenvalue weighted by atomic mass is 14.9. The van der Waals surface area contributed by atoms with Gasteiger partial charge in [0.2, 0.25) is 0 Å². The van der Waals surface area contributed by atoms with Gasteiger partial charge in [0.25, 0.3) is 0 Å². The van der Waals surface area contributed by atoms with Gasteiger partial charge in [-0.25, -0.2) is 0 Å². The van der Waals surface area contributed by atoms with Crippen LogP contribution in [0, 0.1) is 17.2 Å². The Labute approximate surface area is 76.0 Å². The zero-order chi connectivity index (χ0) is 9.56. The second-order valence-corrected chi connectivity index (χ2v) is 3.43. The highest BCUT2D eigenvalue weighted by Gasteiger charge is 2.13. The molecule has 0 aliphatic heterocycles. The second kappa shape index (κ2) is 6.02. The average molecular weight is 168 g/mol. The molecule has 0 aliphatic rings. The molecule has 0 aromatic rings. The van der Waals surface area contributed by atoms with Crippen LogP contribution in [-0.2, 0) is 0 Å². The summed E-state index contributed by atoms with van der Waals surface area (Å²) in [5.74, 6) is 0.646. The first kappa shape index (κ1) is 11.4. The van der Waals surface area contributed by atoms with E-state index in [2.05, 4.69) is 32.2 Å².